The van der Waals surface area contributed by atoms with Crippen LogP contribution in [0.1, 0.15) is 32.3 Å². The summed E-state index contributed by atoms with van der Waals surface area (Å²) in [5, 5.41) is 0.686. The first-order valence-electron chi connectivity index (χ1n) is 9.77. The Balaban J connectivity index is 2.30. The minimum Gasteiger partial charge on any atom is -0.496 e. The van der Waals surface area contributed by atoms with Crippen LogP contribution in [0, 0.1) is 6.92 Å². The molecule has 0 fully saturated rings. The van der Waals surface area contributed by atoms with Crippen molar-refractivity contribution >= 4 is 34.3 Å². The van der Waals surface area contributed by atoms with Crippen molar-refractivity contribution in [3.8, 4) is 16.9 Å². The second-order valence-electron chi connectivity index (χ2n) is 7.15. The Labute approximate surface area is 172 Å². The van der Waals surface area contributed by atoms with E-state index >= 15 is 0 Å². The maximum Gasteiger partial charge on any atom is 0.201 e. The third-order valence-corrected chi connectivity index (χ3v) is 5.54. The lowest BCUT2D eigenvalue weighted by atomic mass is 9.99. The normalized spacial score (nSPS) is 11.2. The van der Waals surface area contributed by atoms with Gasteiger partial charge in [-0.1, -0.05) is 25.4 Å². The number of fused-ring (bicyclic) bond motifs is 1. The smallest absolute Gasteiger partial charge is 0.201 e. The Morgan fingerprint density at radius 1 is 1.14 bits per heavy atom. The molecule has 1 aromatic heterocycles. The number of nitrogens with zero attached hydrogens (tertiary/aromatic N) is 3. The first-order chi connectivity index (χ1) is 13.4. The molecule has 2 N–H and O–H groups in total. The van der Waals surface area contributed by atoms with E-state index in [4.69, 9.17) is 27.1 Å². The zero-order valence-corrected chi connectivity index (χ0v) is 18.1. The van der Waals surface area contributed by atoms with E-state index in [1.54, 1.807) is 7.11 Å². The molecule has 3 aromatic rings. The highest BCUT2D eigenvalue weighted by atomic mass is 35.5. The van der Waals surface area contributed by atoms with Crippen LogP contribution >= 0.6 is 11.6 Å². The largest absolute Gasteiger partial charge is 0.496 e. The molecule has 1 heterocycles. The lowest BCUT2D eigenvalue weighted by Gasteiger charge is -2.25. The third-order valence-electron chi connectivity index (χ3n) is 5.13. The Morgan fingerprint density at radius 3 is 2.43 bits per heavy atom. The van der Waals surface area contributed by atoms with Gasteiger partial charge in [0.15, 0.2) is 0 Å². The number of benzene rings is 2. The average Bonchev–Trinajstić information content (AvgIpc) is 2.98. The van der Waals surface area contributed by atoms with Crippen molar-refractivity contribution in [2.75, 3.05) is 30.8 Å². The first-order valence-corrected chi connectivity index (χ1v) is 10.1. The van der Waals surface area contributed by atoms with Gasteiger partial charge in [0, 0.05) is 36.3 Å². The summed E-state index contributed by atoms with van der Waals surface area (Å²) in [6, 6.07) is 8.20. The maximum absolute atomic E-state index is 6.31. The number of imidazole rings is 1. The molecule has 0 unspecified atom stereocenters. The second kappa shape index (κ2) is 8.31. The Morgan fingerprint density at radius 2 is 1.82 bits per heavy atom. The summed E-state index contributed by atoms with van der Waals surface area (Å²) in [6.45, 7) is 8.39. The number of hydrogen-bond donors (Lipinski definition) is 1. The van der Waals surface area contributed by atoms with Crippen LogP contribution in [0.4, 0.5) is 11.6 Å². The lowest BCUT2D eigenvalue weighted by molar-refractivity contribution is 0.416. The highest BCUT2D eigenvalue weighted by Gasteiger charge is 2.20. The number of ether oxygens (including phenoxy) is 1. The van der Waals surface area contributed by atoms with E-state index in [1.165, 1.54) is 5.69 Å². The van der Waals surface area contributed by atoms with Crippen LogP contribution in [-0.4, -0.2) is 29.8 Å². The van der Waals surface area contributed by atoms with Crippen LogP contribution in [0.25, 0.3) is 22.2 Å². The number of rotatable bonds is 7. The van der Waals surface area contributed by atoms with E-state index in [-0.39, 0.29) is 0 Å². The van der Waals surface area contributed by atoms with Gasteiger partial charge in [-0.05, 0) is 49.6 Å². The molecule has 0 saturated carbocycles. The van der Waals surface area contributed by atoms with E-state index in [0.717, 1.165) is 59.4 Å². The topological polar surface area (TPSA) is 56.3 Å². The summed E-state index contributed by atoms with van der Waals surface area (Å²) in [5.41, 5.74) is 12.3. The molecular weight excluding hydrogens is 372 g/mol. The minimum absolute atomic E-state index is 0.501. The van der Waals surface area contributed by atoms with E-state index in [2.05, 4.69) is 36.9 Å². The highest BCUT2D eigenvalue weighted by molar-refractivity contribution is 6.31. The number of nitrogens with two attached hydrogens (primary N) is 1. The predicted octanol–water partition coefficient (Wildman–Crippen LogP) is 5.42. The summed E-state index contributed by atoms with van der Waals surface area (Å²) in [7, 11) is 3.63. The summed E-state index contributed by atoms with van der Waals surface area (Å²) in [5.74, 6) is 1.23. The number of hydrogen-bond acceptors (Lipinski definition) is 4. The van der Waals surface area contributed by atoms with E-state index in [0.29, 0.717) is 11.0 Å². The van der Waals surface area contributed by atoms with Gasteiger partial charge in [-0.3, -0.25) is 0 Å². The van der Waals surface area contributed by atoms with Crippen LogP contribution in [-0.2, 0) is 7.05 Å². The molecule has 0 aliphatic rings. The molecule has 3 rings (SSSR count). The standard InChI is InChI=1S/C22H29ClN4O/c1-6-10-27(11-7-2)18-9-8-15(20-21(18)26(4)22(24)25-20)16-12-14(3)17(23)13-19(16)28-5/h8-9,12-13H,6-7,10-11H2,1-5H3,(H2,24,25). The molecule has 2 aromatic carbocycles. The Kier molecular flexibility index (Phi) is 6.04. The molecule has 0 radical (unpaired) electrons. The molecule has 0 atom stereocenters. The van der Waals surface area contributed by atoms with Gasteiger partial charge in [0.2, 0.25) is 5.95 Å². The fourth-order valence-corrected chi connectivity index (χ4v) is 3.88. The summed E-state index contributed by atoms with van der Waals surface area (Å²) in [4.78, 5) is 7.12. The van der Waals surface area contributed by atoms with E-state index in [9.17, 15) is 0 Å². The van der Waals surface area contributed by atoms with Crippen LogP contribution < -0.4 is 15.4 Å². The SMILES string of the molecule is CCCN(CCC)c1ccc(-c2cc(C)c(Cl)cc2OC)c2nc(N)n(C)c12. The van der Waals surface area contributed by atoms with Crippen molar-refractivity contribution in [3.63, 3.8) is 0 Å². The number of nitrogen functional groups attached to an aromatic ring is 1. The molecule has 0 aliphatic carbocycles. The molecule has 0 spiro atoms. The molecule has 150 valence electrons. The monoisotopic (exact) mass is 400 g/mol. The van der Waals surface area contributed by atoms with Crippen molar-refractivity contribution in [1.29, 1.82) is 0 Å². The number of halogens is 1. The summed E-state index contributed by atoms with van der Waals surface area (Å²) in [6.07, 6.45) is 2.17. The highest BCUT2D eigenvalue weighted by Crippen LogP contribution is 2.41. The number of aryl methyl sites for hydroxylation is 2. The summed E-state index contributed by atoms with van der Waals surface area (Å²) >= 11 is 6.31. The Hall–Kier alpha value is -2.40. The molecule has 5 nitrogen and oxygen atoms in total. The van der Waals surface area contributed by atoms with Gasteiger partial charge in [-0.15, -0.1) is 0 Å². The van der Waals surface area contributed by atoms with Crippen LogP contribution in [0.2, 0.25) is 5.02 Å². The van der Waals surface area contributed by atoms with Gasteiger partial charge in [-0.25, -0.2) is 4.98 Å². The van der Waals surface area contributed by atoms with Gasteiger partial charge in [-0.2, -0.15) is 0 Å². The zero-order valence-electron chi connectivity index (χ0n) is 17.3. The van der Waals surface area contributed by atoms with Crippen molar-refractivity contribution in [2.45, 2.75) is 33.6 Å². The fourth-order valence-electron chi connectivity index (χ4n) is 3.72. The predicted molar refractivity (Wildman–Crippen MR) is 120 cm³/mol. The van der Waals surface area contributed by atoms with E-state index in [1.807, 2.05) is 24.6 Å². The van der Waals surface area contributed by atoms with Crippen molar-refractivity contribution in [2.24, 2.45) is 7.05 Å². The molecule has 28 heavy (non-hydrogen) atoms. The first kappa shape index (κ1) is 20.3. The third kappa shape index (κ3) is 3.51. The van der Waals surface area contributed by atoms with E-state index < -0.39 is 0 Å². The van der Waals surface area contributed by atoms with Crippen molar-refractivity contribution < 1.29 is 4.74 Å². The van der Waals surface area contributed by atoms with Gasteiger partial charge in [0.1, 0.15) is 11.3 Å². The van der Waals surface area contributed by atoms with Crippen LogP contribution in [0.5, 0.6) is 5.75 Å². The molecule has 6 heteroatoms. The second-order valence-corrected chi connectivity index (χ2v) is 7.55. The van der Waals surface area contributed by atoms with Gasteiger partial charge in [0.25, 0.3) is 0 Å². The molecule has 0 saturated heterocycles. The maximum atomic E-state index is 6.31. The zero-order chi connectivity index (χ0) is 20.4. The van der Waals surface area contributed by atoms with Crippen LogP contribution in [0.15, 0.2) is 24.3 Å². The quantitative estimate of drug-likeness (QED) is 0.575. The molecule has 0 aliphatic heterocycles. The summed E-state index contributed by atoms with van der Waals surface area (Å²) < 4.78 is 7.59. The average molecular weight is 401 g/mol. The van der Waals surface area contributed by atoms with Crippen molar-refractivity contribution in [3.05, 3.63) is 34.9 Å². The number of aromatic nitrogens is 2. The van der Waals surface area contributed by atoms with Gasteiger partial charge in [0.05, 0.1) is 18.3 Å². The molecule has 0 amide bonds. The fraction of sp³-hybridized carbons (Fsp3) is 0.409. The van der Waals surface area contributed by atoms with Gasteiger partial charge >= 0.3 is 0 Å². The van der Waals surface area contributed by atoms with Crippen molar-refractivity contribution in [1.82, 2.24) is 9.55 Å². The molecular formula is C22H29ClN4O. The molecule has 0 bridgehead atoms. The minimum atomic E-state index is 0.501. The number of anilines is 2. The number of methoxy groups -OCH3 is 1. The Bertz CT molecular complexity index is 990. The van der Waals surface area contributed by atoms with Gasteiger partial charge < -0.3 is 19.9 Å². The lowest BCUT2D eigenvalue weighted by Crippen LogP contribution is -2.25. The van der Waals surface area contributed by atoms with Crippen LogP contribution in [0.3, 0.4) is 0 Å².